The Hall–Kier alpha value is -2.51. The largest absolute Gasteiger partial charge is 0.495 e. The van der Waals surface area contributed by atoms with E-state index in [4.69, 9.17) is 21.1 Å². The highest BCUT2D eigenvalue weighted by atomic mass is 35.5. The molecule has 6 nitrogen and oxygen atoms in total. The Balaban J connectivity index is 1.52. The van der Waals surface area contributed by atoms with Crippen LogP contribution in [0.2, 0.25) is 5.02 Å². The molecular formula is C21H22ClN3O3S. The van der Waals surface area contributed by atoms with Gasteiger partial charge in [-0.1, -0.05) is 11.6 Å². The Labute approximate surface area is 178 Å². The van der Waals surface area contributed by atoms with Gasteiger partial charge in [-0.25, -0.2) is 4.98 Å². The zero-order valence-corrected chi connectivity index (χ0v) is 17.8. The smallest absolute Gasteiger partial charge is 0.229 e. The molecule has 29 heavy (non-hydrogen) atoms. The van der Waals surface area contributed by atoms with Gasteiger partial charge >= 0.3 is 0 Å². The number of amides is 1. The first-order valence-electron chi connectivity index (χ1n) is 9.40. The summed E-state index contributed by atoms with van der Waals surface area (Å²) in [7, 11) is 3.09. The number of ether oxygens (including phenoxy) is 2. The van der Waals surface area contributed by atoms with E-state index in [0.29, 0.717) is 28.8 Å². The molecule has 8 heteroatoms. The molecule has 1 atom stereocenters. The second-order valence-electron chi connectivity index (χ2n) is 6.93. The van der Waals surface area contributed by atoms with Crippen LogP contribution in [0.4, 0.5) is 11.5 Å². The lowest BCUT2D eigenvalue weighted by molar-refractivity contribution is -0.120. The number of thiophene rings is 1. The number of hydrogen-bond donors (Lipinski definition) is 1. The molecule has 3 heterocycles. The van der Waals surface area contributed by atoms with Crippen molar-refractivity contribution >= 4 is 50.4 Å². The molecule has 1 N–H and O–H groups in total. The summed E-state index contributed by atoms with van der Waals surface area (Å²) >= 11 is 7.93. The van der Waals surface area contributed by atoms with E-state index in [2.05, 4.69) is 26.6 Å². The number of pyridine rings is 1. The Kier molecular flexibility index (Phi) is 5.78. The zero-order valence-electron chi connectivity index (χ0n) is 16.3. The third-order valence-electron chi connectivity index (χ3n) is 5.18. The Morgan fingerprint density at radius 1 is 1.28 bits per heavy atom. The normalized spacial score (nSPS) is 16.7. The van der Waals surface area contributed by atoms with Crippen LogP contribution in [0.25, 0.3) is 10.1 Å². The monoisotopic (exact) mass is 431 g/mol. The minimum absolute atomic E-state index is 0.0493. The van der Waals surface area contributed by atoms with Gasteiger partial charge in [0.05, 0.1) is 30.8 Å². The van der Waals surface area contributed by atoms with Crippen molar-refractivity contribution in [1.29, 1.82) is 0 Å². The summed E-state index contributed by atoms with van der Waals surface area (Å²) in [6, 6.07) is 7.45. The minimum atomic E-state index is -0.148. The average Bonchev–Trinajstić information content (AvgIpc) is 3.23. The van der Waals surface area contributed by atoms with Gasteiger partial charge in [0.25, 0.3) is 0 Å². The molecule has 1 aliphatic heterocycles. The van der Waals surface area contributed by atoms with Crippen molar-refractivity contribution in [3.63, 3.8) is 0 Å². The Bertz CT molecular complexity index is 1040. The quantitative estimate of drug-likeness (QED) is 0.627. The van der Waals surface area contributed by atoms with E-state index >= 15 is 0 Å². The van der Waals surface area contributed by atoms with Crippen molar-refractivity contribution in [2.75, 3.05) is 37.5 Å². The Morgan fingerprint density at radius 3 is 2.90 bits per heavy atom. The fourth-order valence-corrected chi connectivity index (χ4v) is 4.73. The lowest BCUT2D eigenvalue weighted by Crippen LogP contribution is -2.41. The summed E-state index contributed by atoms with van der Waals surface area (Å²) in [5, 5.41) is 6.61. The molecule has 0 aliphatic carbocycles. The van der Waals surface area contributed by atoms with Crippen molar-refractivity contribution in [2.45, 2.75) is 12.8 Å². The van der Waals surface area contributed by atoms with Crippen LogP contribution in [0.1, 0.15) is 12.8 Å². The Morgan fingerprint density at radius 2 is 2.10 bits per heavy atom. The van der Waals surface area contributed by atoms with E-state index in [-0.39, 0.29) is 11.8 Å². The number of benzene rings is 1. The van der Waals surface area contributed by atoms with Crippen LogP contribution >= 0.6 is 22.9 Å². The van der Waals surface area contributed by atoms with E-state index in [1.165, 1.54) is 11.8 Å². The van der Waals surface area contributed by atoms with Crippen LogP contribution in [0, 0.1) is 5.92 Å². The van der Waals surface area contributed by atoms with Gasteiger partial charge in [0.1, 0.15) is 17.3 Å². The maximum Gasteiger partial charge on any atom is 0.229 e. The van der Waals surface area contributed by atoms with Gasteiger partial charge in [-0.3, -0.25) is 4.79 Å². The fraction of sp³-hybridized carbons (Fsp3) is 0.333. The number of carbonyl (C=O) groups is 1. The van der Waals surface area contributed by atoms with Crippen molar-refractivity contribution in [3.8, 4) is 11.5 Å². The predicted octanol–water partition coefficient (Wildman–Crippen LogP) is 4.82. The lowest BCUT2D eigenvalue weighted by Gasteiger charge is -2.33. The molecule has 2 aromatic heterocycles. The molecule has 1 aromatic carbocycles. The molecule has 0 saturated carbocycles. The first-order valence-corrected chi connectivity index (χ1v) is 10.7. The highest BCUT2D eigenvalue weighted by molar-refractivity contribution is 7.17. The minimum Gasteiger partial charge on any atom is -0.495 e. The molecule has 1 aliphatic rings. The van der Waals surface area contributed by atoms with Crippen LogP contribution in [0.3, 0.4) is 0 Å². The van der Waals surface area contributed by atoms with Crippen molar-refractivity contribution < 1.29 is 14.3 Å². The molecule has 4 rings (SSSR count). The first kappa shape index (κ1) is 19.8. The molecule has 1 amide bonds. The molecule has 0 bridgehead atoms. The van der Waals surface area contributed by atoms with Gasteiger partial charge in [0.2, 0.25) is 5.91 Å². The molecule has 0 spiro atoms. The summed E-state index contributed by atoms with van der Waals surface area (Å²) in [6.45, 7) is 1.52. The number of carbonyl (C=O) groups excluding carboxylic acids is 1. The van der Waals surface area contributed by atoms with Gasteiger partial charge in [0.15, 0.2) is 0 Å². The summed E-state index contributed by atoms with van der Waals surface area (Å²) in [5.74, 6) is 1.76. The lowest BCUT2D eigenvalue weighted by atomic mass is 9.96. The van der Waals surface area contributed by atoms with E-state index in [9.17, 15) is 4.79 Å². The number of halogens is 1. The molecular weight excluding hydrogens is 410 g/mol. The second-order valence-corrected chi connectivity index (χ2v) is 8.28. The highest BCUT2D eigenvalue weighted by Gasteiger charge is 2.28. The molecule has 0 radical (unpaired) electrons. The van der Waals surface area contributed by atoms with Crippen LogP contribution in [-0.2, 0) is 4.79 Å². The van der Waals surface area contributed by atoms with E-state index < -0.39 is 0 Å². The standard InChI is InChI=1S/C21H22ClN3O3S/c1-27-17-11-18(28-2)16(10-15(17)22)24-21(26)13-4-3-8-25(12-13)20-14-6-9-29-19(14)5-7-23-20/h5-7,9-11,13H,3-4,8,12H2,1-2H3,(H,24,26)/t13-/m1/s1. The number of fused-ring (bicyclic) bond motifs is 1. The predicted molar refractivity (Wildman–Crippen MR) is 118 cm³/mol. The average molecular weight is 432 g/mol. The highest BCUT2D eigenvalue weighted by Crippen LogP contribution is 2.37. The van der Waals surface area contributed by atoms with Crippen LogP contribution in [0.5, 0.6) is 11.5 Å². The molecule has 1 saturated heterocycles. The number of rotatable bonds is 5. The van der Waals surface area contributed by atoms with Gasteiger partial charge in [0, 0.05) is 35.4 Å². The SMILES string of the molecule is COc1cc(OC)c(NC(=O)[C@@H]2CCCN(c3nccc4sccc34)C2)cc1Cl. The number of nitrogens with one attached hydrogen (secondary N) is 1. The van der Waals surface area contributed by atoms with Crippen LogP contribution in [-0.4, -0.2) is 38.2 Å². The first-order chi connectivity index (χ1) is 14.1. The summed E-state index contributed by atoms with van der Waals surface area (Å²) < 4.78 is 11.8. The molecule has 1 fully saturated rings. The van der Waals surface area contributed by atoms with E-state index in [1.807, 2.05) is 12.3 Å². The maximum atomic E-state index is 13.0. The van der Waals surface area contributed by atoms with Gasteiger partial charge < -0.3 is 19.7 Å². The topological polar surface area (TPSA) is 63.7 Å². The molecule has 3 aromatic rings. The number of anilines is 2. The van der Waals surface area contributed by atoms with E-state index in [1.54, 1.807) is 30.6 Å². The second kappa shape index (κ2) is 8.47. The summed E-state index contributed by atoms with van der Waals surface area (Å²) in [6.07, 6.45) is 3.59. The third-order valence-corrected chi connectivity index (χ3v) is 6.36. The van der Waals surface area contributed by atoms with Crippen molar-refractivity contribution in [2.24, 2.45) is 5.92 Å². The number of nitrogens with zero attached hydrogens (tertiary/aromatic N) is 2. The van der Waals surface area contributed by atoms with Crippen molar-refractivity contribution in [3.05, 3.63) is 40.9 Å². The van der Waals surface area contributed by atoms with Gasteiger partial charge in [-0.2, -0.15) is 0 Å². The van der Waals surface area contributed by atoms with Gasteiger partial charge in [-0.05, 0) is 36.4 Å². The van der Waals surface area contributed by atoms with E-state index in [0.717, 1.165) is 30.6 Å². The number of methoxy groups -OCH3 is 2. The van der Waals surface area contributed by atoms with Gasteiger partial charge in [-0.15, -0.1) is 11.3 Å². The molecule has 152 valence electrons. The fourth-order valence-electron chi connectivity index (χ4n) is 3.71. The van der Waals surface area contributed by atoms with Crippen LogP contribution in [0.15, 0.2) is 35.8 Å². The third kappa shape index (κ3) is 3.97. The zero-order chi connectivity index (χ0) is 20.4. The maximum absolute atomic E-state index is 13.0. The number of piperidine rings is 1. The van der Waals surface area contributed by atoms with Crippen LogP contribution < -0.4 is 19.7 Å². The van der Waals surface area contributed by atoms with Crippen molar-refractivity contribution in [1.82, 2.24) is 4.98 Å². The number of hydrogen-bond acceptors (Lipinski definition) is 6. The summed E-state index contributed by atoms with van der Waals surface area (Å²) in [4.78, 5) is 19.8. The number of aromatic nitrogens is 1. The summed E-state index contributed by atoms with van der Waals surface area (Å²) in [5.41, 5.74) is 0.540. The molecule has 0 unspecified atom stereocenters.